The molecule has 1 aliphatic heterocycles. The third kappa shape index (κ3) is 5.13. The zero-order chi connectivity index (χ0) is 14.5. The fourth-order valence-corrected chi connectivity index (χ4v) is 2.71. The lowest BCUT2D eigenvalue weighted by atomic mass is 9.98. The third-order valence-corrected chi connectivity index (χ3v) is 4.14. The Morgan fingerprint density at radius 3 is 2.59 bits per heavy atom. The number of benzene rings is 1. The van der Waals surface area contributed by atoms with E-state index >= 15 is 0 Å². The van der Waals surface area contributed by atoms with Gasteiger partial charge in [0.15, 0.2) is 0 Å². The predicted molar refractivity (Wildman–Crippen MR) is 96.1 cm³/mol. The molecule has 1 aliphatic rings. The highest BCUT2D eigenvalue weighted by Crippen LogP contribution is 2.20. The second kappa shape index (κ2) is 10.1. The summed E-state index contributed by atoms with van der Waals surface area (Å²) in [5.74, 6) is 0.208. The van der Waals surface area contributed by atoms with Crippen LogP contribution in [0.3, 0.4) is 0 Å². The third-order valence-electron chi connectivity index (χ3n) is 4.14. The van der Waals surface area contributed by atoms with E-state index in [0.29, 0.717) is 0 Å². The van der Waals surface area contributed by atoms with Gasteiger partial charge in [0.05, 0.1) is 6.04 Å². The number of amides is 1. The van der Waals surface area contributed by atoms with Crippen molar-refractivity contribution in [3.8, 4) is 0 Å². The highest BCUT2D eigenvalue weighted by molar-refractivity contribution is 5.85. The van der Waals surface area contributed by atoms with E-state index in [1.165, 1.54) is 11.1 Å². The number of nitrogens with one attached hydrogen (secondary N) is 1. The van der Waals surface area contributed by atoms with E-state index in [9.17, 15) is 4.79 Å². The maximum absolute atomic E-state index is 12.4. The number of rotatable bonds is 5. The summed E-state index contributed by atoms with van der Waals surface area (Å²) in [6, 6.07) is 8.48. The largest absolute Gasteiger partial charge is 0.343 e. The first kappa shape index (κ1) is 21.2. The molecule has 126 valence electrons. The van der Waals surface area contributed by atoms with Gasteiger partial charge in [-0.15, -0.1) is 24.8 Å². The first-order valence-corrected chi connectivity index (χ1v) is 7.34. The molecular weight excluding hydrogens is 321 g/mol. The van der Waals surface area contributed by atoms with Gasteiger partial charge < -0.3 is 10.2 Å². The molecule has 2 rings (SSSR count). The number of hydrogen-bond acceptors (Lipinski definition) is 3. The van der Waals surface area contributed by atoms with E-state index < -0.39 is 0 Å². The SMILES string of the molecule is CNCCN(C)C(=O)C(C)N1CCc2ccccc2C1.Cl.Cl. The zero-order valence-corrected chi connectivity index (χ0v) is 15.2. The topological polar surface area (TPSA) is 35.6 Å². The summed E-state index contributed by atoms with van der Waals surface area (Å²) >= 11 is 0. The zero-order valence-electron chi connectivity index (χ0n) is 13.5. The fourth-order valence-electron chi connectivity index (χ4n) is 2.71. The van der Waals surface area contributed by atoms with Gasteiger partial charge in [-0.25, -0.2) is 0 Å². The molecule has 1 aromatic carbocycles. The maximum atomic E-state index is 12.4. The van der Waals surface area contributed by atoms with E-state index in [0.717, 1.165) is 32.6 Å². The summed E-state index contributed by atoms with van der Waals surface area (Å²) in [7, 11) is 3.79. The van der Waals surface area contributed by atoms with E-state index in [-0.39, 0.29) is 36.8 Å². The van der Waals surface area contributed by atoms with Crippen molar-refractivity contribution in [2.45, 2.75) is 25.9 Å². The molecule has 1 aromatic rings. The Labute approximate surface area is 146 Å². The molecule has 0 saturated carbocycles. The number of nitrogens with zero attached hydrogens (tertiary/aromatic N) is 2. The summed E-state index contributed by atoms with van der Waals surface area (Å²) in [5.41, 5.74) is 2.78. The molecule has 0 radical (unpaired) electrons. The Morgan fingerprint density at radius 1 is 1.32 bits per heavy atom. The van der Waals surface area contributed by atoms with Crippen molar-refractivity contribution in [1.82, 2.24) is 15.1 Å². The number of fused-ring (bicyclic) bond motifs is 1. The highest BCUT2D eigenvalue weighted by Gasteiger charge is 2.26. The van der Waals surface area contributed by atoms with Crippen LogP contribution in [0.25, 0.3) is 0 Å². The molecule has 1 heterocycles. The Balaban J connectivity index is 0.00000220. The van der Waals surface area contributed by atoms with E-state index in [2.05, 4.69) is 34.5 Å². The van der Waals surface area contributed by atoms with Crippen molar-refractivity contribution in [2.24, 2.45) is 0 Å². The van der Waals surface area contributed by atoms with Crippen LogP contribution in [-0.4, -0.2) is 55.5 Å². The van der Waals surface area contributed by atoms with Gasteiger partial charge in [0, 0.05) is 33.2 Å². The van der Waals surface area contributed by atoms with Crippen LogP contribution in [0.2, 0.25) is 0 Å². The number of carbonyl (C=O) groups excluding carboxylic acids is 1. The van der Waals surface area contributed by atoms with Gasteiger partial charge in [0.1, 0.15) is 0 Å². The van der Waals surface area contributed by atoms with Crippen molar-refractivity contribution in [3.63, 3.8) is 0 Å². The van der Waals surface area contributed by atoms with Crippen molar-refractivity contribution >= 4 is 30.7 Å². The molecule has 0 bridgehead atoms. The molecular formula is C16H27Cl2N3O. The van der Waals surface area contributed by atoms with Gasteiger partial charge in [-0.1, -0.05) is 24.3 Å². The second-order valence-electron chi connectivity index (χ2n) is 5.53. The lowest BCUT2D eigenvalue weighted by Gasteiger charge is -2.34. The van der Waals surface area contributed by atoms with Gasteiger partial charge in [-0.05, 0) is 31.5 Å². The molecule has 1 atom stereocenters. The minimum Gasteiger partial charge on any atom is -0.343 e. The fraction of sp³-hybridized carbons (Fsp3) is 0.562. The minimum absolute atomic E-state index is 0. The number of hydrogen-bond donors (Lipinski definition) is 1. The number of likely N-dealkylation sites (N-methyl/N-ethyl adjacent to an activating group) is 2. The van der Waals surface area contributed by atoms with Crippen LogP contribution < -0.4 is 5.32 Å². The molecule has 0 fully saturated rings. The first-order valence-electron chi connectivity index (χ1n) is 7.34. The van der Waals surface area contributed by atoms with Crippen molar-refractivity contribution in [2.75, 3.05) is 33.7 Å². The summed E-state index contributed by atoms with van der Waals surface area (Å²) in [6.07, 6.45) is 1.04. The van der Waals surface area contributed by atoms with Crippen molar-refractivity contribution in [1.29, 1.82) is 0 Å². The normalized spacial score (nSPS) is 15.0. The molecule has 1 amide bonds. The monoisotopic (exact) mass is 347 g/mol. The summed E-state index contributed by atoms with van der Waals surface area (Å²) in [6.45, 7) is 5.45. The van der Waals surface area contributed by atoms with Gasteiger partial charge in [0.25, 0.3) is 0 Å². The Hall–Kier alpha value is -0.810. The standard InChI is InChI=1S/C16H25N3O.2ClH/c1-13(16(20)18(3)11-9-17-2)19-10-8-14-6-4-5-7-15(14)12-19;;/h4-7,13,17H,8-12H2,1-3H3;2*1H. The summed E-state index contributed by atoms with van der Waals surface area (Å²) < 4.78 is 0. The molecule has 1 unspecified atom stereocenters. The maximum Gasteiger partial charge on any atom is 0.239 e. The van der Waals surface area contributed by atoms with Crippen LogP contribution in [0.1, 0.15) is 18.1 Å². The first-order chi connectivity index (χ1) is 9.63. The predicted octanol–water partition coefficient (Wildman–Crippen LogP) is 1.95. The van der Waals surface area contributed by atoms with Crippen LogP contribution >= 0.6 is 24.8 Å². The quantitative estimate of drug-likeness (QED) is 0.884. The number of halogens is 2. The van der Waals surface area contributed by atoms with Crippen LogP contribution in [0.4, 0.5) is 0 Å². The van der Waals surface area contributed by atoms with Crippen molar-refractivity contribution in [3.05, 3.63) is 35.4 Å². The Morgan fingerprint density at radius 2 is 1.95 bits per heavy atom. The lowest BCUT2D eigenvalue weighted by molar-refractivity contribution is -0.135. The summed E-state index contributed by atoms with van der Waals surface area (Å²) in [5, 5.41) is 3.08. The van der Waals surface area contributed by atoms with Crippen LogP contribution in [-0.2, 0) is 17.8 Å². The van der Waals surface area contributed by atoms with E-state index in [4.69, 9.17) is 0 Å². The molecule has 4 nitrogen and oxygen atoms in total. The van der Waals surface area contributed by atoms with Gasteiger partial charge in [-0.2, -0.15) is 0 Å². The molecule has 0 aromatic heterocycles. The molecule has 0 saturated heterocycles. The molecule has 22 heavy (non-hydrogen) atoms. The van der Waals surface area contributed by atoms with Gasteiger partial charge >= 0.3 is 0 Å². The second-order valence-corrected chi connectivity index (χ2v) is 5.53. The number of carbonyl (C=O) groups is 1. The van der Waals surface area contributed by atoms with Gasteiger partial charge in [0.2, 0.25) is 5.91 Å². The molecule has 0 aliphatic carbocycles. The van der Waals surface area contributed by atoms with E-state index in [1.54, 1.807) is 0 Å². The Kier molecular flexibility index (Phi) is 9.69. The average Bonchev–Trinajstić information content (AvgIpc) is 2.50. The molecule has 6 heteroatoms. The summed E-state index contributed by atoms with van der Waals surface area (Å²) in [4.78, 5) is 16.5. The molecule has 0 spiro atoms. The highest BCUT2D eigenvalue weighted by atomic mass is 35.5. The minimum atomic E-state index is -0.0507. The molecule has 1 N–H and O–H groups in total. The Bertz CT molecular complexity index is 470. The van der Waals surface area contributed by atoms with Crippen molar-refractivity contribution < 1.29 is 4.79 Å². The lowest BCUT2D eigenvalue weighted by Crippen LogP contribution is -2.48. The van der Waals surface area contributed by atoms with E-state index in [1.807, 2.05) is 25.9 Å². The smallest absolute Gasteiger partial charge is 0.239 e. The average molecular weight is 348 g/mol. The van der Waals surface area contributed by atoms with Crippen LogP contribution in [0.15, 0.2) is 24.3 Å². The van der Waals surface area contributed by atoms with Gasteiger partial charge in [-0.3, -0.25) is 9.69 Å². The van der Waals surface area contributed by atoms with Crippen LogP contribution in [0, 0.1) is 0 Å². The van der Waals surface area contributed by atoms with Crippen LogP contribution in [0.5, 0.6) is 0 Å².